The summed E-state index contributed by atoms with van der Waals surface area (Å²) in [7, 11) is -1.97. The van der Waals surface area contributed by atoms with Crippen molar-refractivity contribution in [2.75, 3.05) is 10.8 Å². The summed E-state index contributed by atoms with van der Waals surface area (Å²) in [5.41, 5.74) is 1.98. The predicted octanol–water partition coefficient (Wildman–Crippen LogP) is 2.66. The Kier molecular flexibility index (Phi) is 4.11. The minimum atomic E-state index is -3.75. The van der Waals surface area contributed by atoms with Gasteiger partial charge in [-0.3, -0.25) is 8.99 Å². The van der Waals surface area contributed by atoms with Crippen molar-refractivity contribution >= 4 is 26.7 Å². The molecular formula is C17H18N4O2S. The summed E-state index contributed by atoms with van der Waals surface area (Å²) in [5.74, 6) is 0. The van der Waals surface area contributed by atoms with Crippen molar-refractivity contribution in [3.05, 3.63) is 60.9 Å². The second kappa shape index (κ2) is 6.09. The van der Waals surface area contributed by atoms with Crippen LogP contribution in [0.3, 0.4) is 0 Å². The number of fused-ring (bicyclic) bond motifs is 1. The van der Waals surface area contributed by atoms with Crippen molar-refractivity contribution in [3.63, 3.8) is 0 Å². The number of aryl methyl sites for hydroxylation is 2. The van der Waals surface area contributed by atoms with Gasteiger partial charge in [0.2, 0.25) is 0 Å². The van der Waals surface area contributed by atoms with Gasteiger partial charge in [-0.1, -0.05) is 24.3 Å². The predicted molar refractivity (Wildman–Crippen MR) is 94.4 cm³/mol. The van der Waals surface area contributed by atoms with Crippen molar-refractivity contribution in [3.8, 4) is 0 Å². The van der Waals surface area contributed by atoms with E-state index >= 15 is 0 Å². The molecule has 0 unspecified atom stereocenters. The van der Waals surface area contributed by atoms with E-state index in [1.165, 1.54) is 10.5 Å². The number of benzene rings is 1. The van der Waals surface area contributed by atoms with Crippen LogP contribution >= 0.6 is 0 Å². The molecule has 0 spiro atoms. The maximum Gasteiger partial charge on any atom is 0.266 e. The molecule has 0 bridgehead atoms. The van der Waals surface area contributed by atoms with Crippen molar-refractivity contribution in [2.45, 2.75) is 11.8 Å². The Labute approximate surface area is 141 Å². The maximum atomic E-state index is 13.1. The minimum absolute atomic E-state index is 0.136. The molecule has 0 amide bonds. The van der Waals surface area contributed by atoms with E-state index < -0.39 is 10.0 Å². The quantitative estimate of drug-likeness (QED) is 0.669. The summed E-state index contributed by atoms with van der Waals surface area (Å²) in [4.78, 5) is 4.41. The number of pyridine rings is 1. The normalized spacial score (nSPS) is 11.6. The smallest absolute Gasteiger partial charge is 0.262 e. The Morgan fingerprint density at radius 1 is 1.29 bits per heavy atom. The largest absolute Gasteiger partial charge is 0.266 e. The van der Waals surface area contributed by atoms with Gasteiger partial charge in [-0.25, -0.2) is 13.4 Å². The summed E-state index contributed by atoms with van der Waals surface area (Å²) in [6, 6.07) is 10.6. The van der Waals surface area contributed by atoms with Crippen LogP contribution in [-0.4, -0.2) is 29.7 Å². The van der Waals surface area contributed by atoms with Crippen molar-refractivity contribution < 1.29 is 8.42 Å². The number of sulfonamides is 1. The van der Waals surface area contributed by atoms with Crippen molar-refractivity contribution in [1.82, 2.24) is 14.8 Å². The summed E-state index contributed by atoms with van der Waals surface area (Å²) >= 11 is 0. The van der Waals surface area contributed by atoms with Crippen LogP contribution in [0.4, 0.5) is 5.69 Å². The first-order valence-corrected chi connectivity index (χ1v) is 8.87. The molecule has 0 N–H and O–H groups in total. The fraction of sp³-hybridized carbons (Fsp3) is 0.176. The van der Waals surface area contributed by atoms with Gasteiger partial charge in [0.1, 0.15) is 4.90 Å². The molecule has 2 aromatic heterocycles. The summed E-state index contributed by atoms with van der Waals surface area (Å²) < 4.78 is 29.1. The first-order valence-electron chi connectivity index (χ1n) is 7.43. The zero-order valence-corrected chi connectivity index (χ0v) is 14.4. The topological polar surface area (TPSA) is 68.1 Å². The lowest BCUT2D eigenvalue weighted by molar-refractivity contribution is 0.592. The maximum absolute atomic E-state index is 13.1. The monoisotopic (exact) mass is 342 g/mol. The third kappa shape index (κ3) is 2.67. The standard InChI is InChI=1S/C17H18N4O2S/c1-4-10-21(14-8-6-5-7-9-14)24(22,23)15-11-16-13(2)19-20(3)17(16)18-12-15/h4-9,11-12H,1,10H2,2-3H3. The molecule has 0 aliphatic heterocycles. The van der Waals surface area contributed by atoms with Gasteiger partial charge in [0, 0.05) is 18.6 Å². The molecule has 0 radical (unpaired) electrons. The molecule has 0 atom stereocenters. The van der Waals surface area contributed by atoms with Crippen LogP contribution in [0.15, 0.2) is 60.1 Å². The molecule has 3 rings (SSSR count). The molecule has 24 heavy (non-hydrogen) atoms. The van der Waals surface area contributed by atoms with Gasteiger partial charge in [-0.15, -0.1) is 6.58 Å². The number of nitrogens with zero attached hydrogens (tertiary/aromatic N) is 4. The lowest BCUT2D eigenvalue weighted by atomic mass is 10.3. The van der Waals surface area contributed by atoms with Gasteiger partial charge < -0.3 is 0 Å². The van der Waals surface area contributed by atoms with Crippen LogP contribution in [0.25, 0.3) is 11.0 Å². The number of aromatic nitrogens is 3. The van der Waals surface area contributed by atoms with E-state index in [2.05, 4.69) is 16.7 Å². The van der Waals surface area contributed by atoms with E-state index in [4.69, 9.17) is 0 Å². The van der Waals surface area contributed by atoms with E-state index in [1.807, 2.05) is 13.0 Å². The second-order valence-corrected chi connectivity index (χ2v) is 7.27. The molecule has 0 fully saturated rings. The first-order chi connectivity index (χ1) is 11.4. The van der Waals surface area contributed by atoms with Crippen molar-refractivity contribution in [1.29, 1.82) is 0 Å². The van der Waals surface area contributed by atoms with Crippen LogP contribution in [-0.2, 0) is 17.1 Å². The highest BCUT2D eigenvalue weighted by Crippen LogP contribution is 2.26. The number of rotatable bonds is 5. The van der Waals surface area contributed by atoms with Gasteiger partial charge in [-0.05, 0) is 25.1 Å². The average molecular weight is 342 g/mol. The Morgan fingerprint density at radius 2 is 2.00 bits per heavy atom. The molecular weight excluding hydrogens is 324 g/mol. The van der Waals surface area contributed by atoms with E-state index in [9.17, 15) is 8.42 Å². The van der Waals surface area contributed by atoms with Gasteiger partial charge >= 0.3 is 0 Å². The molecule has 7 heteroatoms. The fourth-order valence-electron chi connectivity index (χ4n) is 2.61. The molecule has 0 aliphatic carbocycles. The lowest BCUT2D eigenvalue weighted by Gasteiger charge is -2.23. The van der Waals surface area contributed by atoms with Crippen molar-refractivity contribution in [2.24, 2.45) is 7.05 Å². The highest BCUT2D eigenvalue weighted by atomic mass is 32.2. The SMILES string of the molecule is C=CCN(c1ccccc1)S(=O)(=O)c1cnc2c(c1)c(C)nn2C. The van der Waals surface area contributed by atoms with Gasteiger partial charge in [0.05, 0.1) is 17.9 Å². The highest BCUT2D eigenvalue weighted by Gasteiger charge is 2.25. The van der Waals surface area contributed by atoms with Crippen LogP contribution in [0, 0.1) is 6.92 Å². The van der Waals surface area contributed by atoms with Crippen LogP contribution in [0.1, 0.15) is 5.69 Å². The minimum Gasteiger partial charge on any atom is -0.262 e. The third-order valence-corrected chi connectivity index (χ3v) is 5.52. The number of hydrogen-bond acceptors (Lipinski definition) is 4. The summed E-state index contributed by atoms with van der Waals surface area (Å²) in [6.07, 6.45) is 2.93. The molecule has 0 saturated heterocycles. The van der Waals surface area contributed by atoms with Gasteiger partial charge in [0.25, 0.3) is 10.0 Å². The Bertz CT molecular complexity index is 994. The summed E-state index contributed by atoms with van der Waals surface area (Å²) in [6.45, 7) is 5.67. The molecule has 3 aromatic rings. The Hall–Kier alpha value is -2.67. The molecule has 0 aliphatic rings. The number of hydrogen-bond donors (Lipinski definition) is 0. The lowest BCUT2D eigenvalue weighted by Crippen LogP contribution is -2.31. The van der Waals surface area contributed by atoms with E-state index in [-0.39, 0.29) is 11.4 Å². The van der Waals surface area contributed by atoms with Crippen LogP contribution < -0.4 is 4.31 Å². The highest BCUT2D eigenvalue weighted by molar-refractivity contribution is 7.92. The first kappa shape index (κ1) is 16.2. The summed E-state index contributed by atoms with van der Waals surface area (Å²) in [5, 5.41) is 5.01. The van der Waals surface area contributed by atoms with Crippen LogP contribution in [0.2, 0.25) is 0 Å². The molecule has 124 valence electrons. The number of para-hydroxylation sites is 1. The average Bonchev–Trinajstić information content (AvgIpc) is 2.87. The Balaban J connectivity index is 2.14. The molecule has 2 heterocycles. The zero-order valence-electron chi connectivity index (χ0n) is 13.5. The van der Waals surface area contributed by atoms with E-state index in [0.717, 1.165) is 11.1 Å². The fourth-order valence-corrected chi connectivity index (χ4v) is 4.02. The zero-order chi connectivity index (χ0) is 17.3. The van der Waals surface area contributed by atoms with E-state index in [1.54, 1.807) is 48.1 Å². The van der Waals surface area contributed by atoms with Crippen LogP contribution in [0.5, 0.6) is 0 Å². The van der Waals surface area contributed by atoms with E-state index in [0.29, 0.717) is 11.3 Å². The van der Waals surface area contributed by atoms with Gasteiger partial charge in [-0.2, -0.15) is 5.10 Å². The Morgan fingerprint density at radius 3 is 2.67 bits per heavy atom. The molecule has 1 aromatic carbocycles. The number of anilines is 1. The third-order valence-electron chi connectivity index (χ3n) is 3.76. The molecule has 0 saturated carbocycles. The van der Waals surface area contributed by atoms with Gasteiger partial charge in [0.15, 0.2) is 5.65 Å². The second-order valence-electron chi connectivity index (χ2n) is 5.41. The molecule has 6 nitrogen and oxygen atoms in total.